The van der Waals surface area contributed by atoms with Crippen LogP contribution in [0, 0.1) is 12.7 Å². The molecular weight excluding hydrogens is 519 g/mol. The first-order valence-corrected chi connectivity index (χ1v) is 12.3. The third-order valence-electron chi connectivity index (χ3n) is 4.96. The van der Waals surface area contributed by atoms with Gasteiger partial charge in [0.2, 0.25) is 5.91 Å². The molecule has 4 rings (SSSR count). The zero-order valence-corrected chi connectivity index (χ0v) is 20.9. The Hall–Kier alpha value is -3.17. The summed E-state index contributed by atoms with van der Waals surface area (Å²) in [6, 6.07) is 21.2. The number of anilines is 1. The molecule has 0 saturated carbocycles. The first kappa shape index (κ1) is 24.0. The van der Waals surface area contributed by atoms with Crippen LogP contribution in [0.3, 0.4) is 0 Å². The van der Waals surface area contributed by atoms with Crippen LogP contribution in [0.4, 0.5) is 10.1 Å². The number of nitrogens with one attached hydrogen (secondary N) is 1. The Morgan fingerprint density at radius 1 is 1.12 bits per heavy atom. The molecule has 1 atom stereocenters. The van der Waals surface area contributed by atoms with E-state index in [0.29, 0.717) is 16.7 Å². The van der Waals surface area contributed by atoms with Crippen LogP contribution in [0.5, 0.6) is 5.75 Å². The highest BCUT2D eigenvalue weighted by molar-refractivity contribution is 9.10. The monoisotopic (exact) mass is 540 g/mol. The molecule has 0 radical (unpaired) electrons. The average molecular weight is 541 g/mol. The second-order valence-electron chi connectivity index (χ2n) is 7.52. The maximum Gasteiger partial charge on any atom is 0.234 e. The van der Waals surface area contributed by atoms with Gasteiger partial charge < -0.3 is 10.1 Å². The second kappa shape index (κ2) is 10.8. The van der Waals surface area contributed by atoms with Crippen LogP contribution >= 0.6 is 27.7 Å². The normalized spacial score (nSPS) is 11.8. The molecule has 3 aromatic carbocycles. The molecule has 9 heteroatoms. The molecule has 6 nitrogen and oxygen atoms in total. The fourth-order valence-corrected chi connectivity index (χ4v) is 4.55. The topological polar surface area (TPSA) is 69.0 Å². The van der Waals surface area contributed by atoms with Crippen molar-refractivity contribution in [2.45, 2.75) is 25.1 Å². The van der Waals surface area contributed by atoms with Crippen LogP contribution in [-0.4, -0.2) is 26.4 Å². The van der Waals surface area contributed by atoms with Gasteiger partial charge in [-0.25, -0.2) is 4.39 Å². The van der Waals surface area contributed by atoms with Gasteiger partial charge in [0.25, 0.3) is 0 Å². The van der Waals surface area contributed by atoms with Crippen LogP contribution in [-0.2, 0) is 4.79 Å². The van der Waals surface area contributed by atoms with E-state index >= 15 is 0 Å². The summed E-state index contributed by atoms with van der Waals surface area (Å²) in [5, 5.41) is 12.2. The minimum Gasteiger partial charge on any atom is -0.483 e. The summed E-state index contributed by atoms with van der Waals surface area (Å²) in [4.78, 5) is 12.6. The quantitative estimate of drug-likeness (QED) is 0.264. The molecular formula is C25H22BrFN4O2S. The number of carbonyl (C=O) groups is 1. The molecule has 1 aromatic heterocycles. The smallest absolute Gasteiger partial charge is 0.234 e. The molecule has 1 unspecified atom stereocenters. The van der Waals surface area contributed by atoms with Gasteiger partial charge in [0, 0.05) is 15.8 Å². The van der Waals surface area contributed by atoms with Gasteiger partial charge in [0.15, 0.2) is 17.1 Å². The van der Waals surface area contributed by atoms with Crippen LogP contribution in [0.1, 0.15) is 24.4 Å². The summed E-state index contributed by atoms with van der Waals surface area (Å²) in [5.74, 6) is 0.781. The lowest BCUT2D eigenvalue weighted by molar-refractivity contribution is -0.113. The number of aromatic nitrogens is 3. The summed E-state index contributed by atoms with van der Waals surface area (Å²) in [7, 11) is 0. The van der Waals surface area contributed by atoms with Crippen LogP contribution in [0.25, 0.3) is 5.69 Å². The summed E-state index contributed by atoms with van der Waals surface area (Å²) in [5.41, 5.74) is 2.58. The van der Waals surface area contributed by atoms with E-state index in [4.69, 9.17) is 4.74 Å². The Bertz CT molecular complexity index is 1280. The van der Waals surface area contributed by atoms with Gasteiger partial charge in [0.05, 0.1) is 5.75 Å². The van der Waals surface area contributed by atoms with Gasteiger partial charge in [-0.1, -0.05) is 45.9 Å². The number of para-hydroxylation sites is 1. The highest BCUT2D eigenvalue weighted by Crippen LogP contribution is 2.28. The number of rotatable bonds is 8. The molecule has 0 fully saturated rings. The Morgan fingerprint density at radius 3 is 2.56 bits per heavy atom. The van der Waals surface area contributed by atoms with E-state index < -0.39 is 6.10 Å². The standard InChI is InChI=1S/C25H22BrFN4O2S/c1-16-14-18(26)8-13-22(16)28-23(32)15-34-25-30-29-24(31(25)20-6-4-3-5-7-20)17(2)33-21-11-9-19(27)10-12-21/h3-14,17H,15H2,1-2H3,(H,28,32). The zero-order chi connectivity index (χ0) is 24.1. The van der Waals surface area contributed by atoms with E-state index in [1.807, 2.05) is 66.9 Å². The molecule has 0 aliphatic carbocycles. The Balaban J connectivity index is 1.53. The Labute approximate surface area is 209 Å². The summed E-state index contributed by atoms with van der Waals surface area (Å²) in [6.07, 6.45) is -0.466. The maximum absolute atomic E-state index is 13.2. The van der Waals surface area contributed by atoms with Crippen molar-refractivity contribution in [1.29, 1.82) is 0 Å². The molecule has 0 bridgehead atoms. The average Bonchev–Trinajstić information content (AvgIpc) is 3.26. The van der Waals surface area contributed by atoms with E-state index in [-0.39, 0.29) is 17.5 Å². The summed E-state index contributed by atoms with van der Waals surface area (Å²) >= 11 is 4.72. The van der Waals surface area contributed by atoms with Gasteiger partial charge in [0.1, 0.15) is 11.6 Å². The van der Waals surface area contributed by atoms with Crippen molar-refractivity contribution < 1.29 is 13.9 Å². The number of thioether (sulfide) groups is 1. The van der Waals surface area contributed by atoms with Crippen molar-refractivity contribution in [1.82, 2.24) is 14.8 Å². The fourth-order valence-electron chi connectivity index (χ4n) is 3.31. The maximum atomic E-state index is 13.2. The Kier molecular flexibility index (Phi) is 7.64. The van der Waals surface area contributed by atoms with E-state index in [1.54, 1.807) is 12.1 Å². The highest BCUT2D eigenvalue weighted by Gasteiger charge is 2.22. The number of carbonyl (C=O) groups excluding carboxylic acids is 1. The minimum atomic E-state index is -0.466. The number of nitrogens with zero attached hydrogens (tertiary/aromatic N) is 3. The van der Waals surface area contributed by atoms with Gasteiger partial charge in [-0.15, -0.1) is 10.2 Å². The molecule has 4 aromatic rings. The number of hydrogen-bond acceptors (Lipinski definition) is 5. The third kappa shape index (κ3) is 5.84. The lowest BCUT2D eigenvalue weighted by Crippen LogP contribution is -2.16. The highest BCUT2D eigenvalue weighted by atomic mass is 79.9. The number of aryl methyl sites for hydroxylation is 1. The molecule has 34 heavy (non-hydrogen) atoms. The largest absolute Gasteiger partial charge is 0.483 e. The number of amides is 1. The number of benzene rings is 3. The molecule has 0 aliphatic heterocycles. The zero-order valence-electron chi connectivity index (χ0n) is 18.5. The van der Waals surface area contributed by atoms with Crippen LogP contribution in [0.15, 0.2) is 82.4 Å². The fraction of sp³-hybridized carbons (Fsp3) is 0.160. The third-order valence-corrected chi connectivity index (χ3v) is 6.38. The van der Waals surface area contributed by atoms with Crippen LogP contribution < -0.4 is 10.1 Å². The Morgan fingerprint density at radius 2 is 1.85 bits per heavy atom. The molecule has 1 N–H and O–H groups in total. The molecule has 0 saturated heterocycles. The van der Waals surface area contributed by atoms with E-state index in [1.165, 1.54) is 23.9 Å². The SMILES string of the molecule is Cc1cc(Br)ccc1NC(=O)CSc1nnc(C(C)Oc2ccc(F)cc2)n1-c1ccccc1. The van der Waals surface area contributed by atoms with Crippen molar-refractivity contribution in [3.63, 3.8) is 0 Å². The molecule has 0 spiro atoms. The molecule has 0 aliphatic rings. The van der Waals surface area contributed by atoms with E-state index in [2.05, 4.69) is 31.4 Å². The number of ether oxygens (including phenoxy) is 1. The lowest BCUT2D eigenvalue weighted by atomic mass is 10.2. The van der Waals surface area contributed by atoms with Crippen molar-refractivity contribution >= 4 is 39.3 Å². The summed E-state index contributed by atoms with van der Waals surface area (Å²) in [6.45, 7) is 3.79. The van der Waals surface area contributed by atoms with Crippen molar-refractivity contribution in [2.24, 2.45) is 0 Å². The number of hydrogen-bond donors (Lipinski definition) is 1. The predicted molar refractivity (Wildman–Crippen MR) is 135 cm³/mol. The van der Waals surface area contributed by atoms with E-state index in [9.17, 15) is 9.18 Å². The second-order valence-corrected chi connectivity index (χ2v) is 9.38. The lowest BCUT2D eigenvalue weighted by Gasteiger charge is -2.16. The first-order chi connectivity index (χ1) is 16.4. The van der Waals surface area contributed by atoms with Crippen molar-refractivity contribution in [3.8, 4) is 11.4 Å². The molecule has 1 amide bonds. The van der Waals surface area contributed by atoms with Gasteiger partial charge in [-0.3, -0.25) is 9.36 Å². The summed E-state index contributed by atoms with van der Waals surface area (Å²) < 4.78 is 22.0. The van der Waals surface area contributed by atoms with Crippen LogP contribution in [0.2, 0.25) is 0 Å². The number of halogens is 2. The van der Waals surface area contributed by atoms with Crippen molar-refractivity contribution in [3.05, 3.63) is 94.5 Å². The van der Waals surface area contributed by atoms with Crippen molar-refractivity contribution in [2.75, 3.05) is 11.1 Å². The van der Waals surface area contributed by atoms with Gasteiger partial charge >= 0.3 is 0 Å². The molecule has 174 valence electrons. The first-order valence-electron chi connectivity index (χ1n) is 10.5. The van der Waals surface area contributed by atoms with Gasteiger partial charge in [-0.05, 0) is 74.0 Å². The predicted octanol–water partition coefficient (Wildman–Crippen LogP) is 6.35. The van der Waals surface area contributed by atoms with E-state index in [0.717, 1.165) is 21.4 Å². The van der Waals surface area contributed by atoms with Gasteiger partial charge in [-0.2, -0.15) is 0 Å². The minimum absolute atomic E-state index is 0.143. The molecule has 1 heterocycles.